The molecule has 54 valence electrons. The molecule has 0 atom stereocenters. The molecule has 0 aliphatic rings. The minimum absolute atomic E-state index is 0. The predicted molar refractivity (Wildman–Crippen MR) is 38.9 cm³/mol. The van der Waals surface area contributed by atoms with Crippen molar-refractivity contribution in [3.05, 3.63) is 11.0 Å². The summed E-state index contributed by atoms with van der Waals surface area (Å²) in [6, 6.07) is 0. The molecule has 0 rings (SSSR count). The van der Waals surface area contributed by atoms with Gasteiger partial charge in [0, 0.05) is 11.0 Å². The molecule has 0 fully saturated rings. The summed E-state index contributed by atoms with van der Waals surface area (Å²) >= 11 is 0. The van der Waals surface area contributed by atoms with Gasteiger partial charge in [-0.15, -0.1) is 0 Å². The van der Waals surface area contributed by atoms with Gasteiger partial charge in [0.05, 0.1) is 0 Å². The molecule has 0 heterocycles. The first-order valence-corrected chi connectivity index (χ1v) is 3.34. The van der Waals surface area contributed by atoms with E-state index in [0.29, 0.717) is 5.41 Å². The number of hydrogen-bond donors (Lipinski definition) is 2. The van der Waals surface area contributed by atoms with Crippen molar-refractivity contribution in [1.29, 1.82) is 0 Å². The Labute approximate surface area is 103 Å². The number of carboxylic acid groups (broad SMARTS) is 1. The van der Waals surface area contributed by atoms with Gasteiger partial charge in [-0.2, -0.15) is 0 Å². The van der Waals surface area contributed by atoms with Gasteiger partial charge in [0.15, 0.2) is 10.7 Å². The Morgan fingerprint density at radius 1 is 1.50 bits per heavy atom. The molecule has 0 aromatic rings. The van der Waals surface area contributed by atoms with Crippen LogP contribution in [-0.2, 0) is 15.5 Å². The zero-order valence-corrected chi connectivity index (χ0v) is 5.59. The number of carbonyl (C=O) groups is 1. The van der Waals surface area contributed by atoms with Crippen LogP contribution in [0.1, 0.15) is 6.92 Å². The Morgan fingerprint density at radius 2 is 1.90 bits per heavy atom. The van der Waals surface area contributed by atoms with E-state index in [4.69, 9.17) is 5.11 Å². The average molecular weight is 190 g/mol. The molecule has 0 spiro atoms. The normalized spacial score (nSPS) is 10.8. The summed E-state index contributed by atoms with van der Waals surface area (Å²) in [7, 11) is -2.72. The summed E-state index contributed by atoms with van der Waals surface area (Å²) in [6.45, 7) is 1.22. The van der Waals surface area contributed by atoms with E-state index in [2.05, 4.69) is 0 Å². The molecule has 4 nitrogen and oxygen atoms in total. The van der Waals surface area contributed by atoms with Crippen molar-refractivity contribution in [2.24, 2.45) is 0 Å². The first kappa shape index (κ1) is 13.4. The van der Waals surface area contributed by atoms with Crippen LogP contribution in [-0.4, -0.2) is 70.9 Å². The van der Waals surface area contributed by atoms with Crippen molar-refractivity contribution in [1.82, 2.24) is 0 Å². The Bertz CT molecular complexity index is 209. The molecular formula is C4H7KO4S. The number of carboxylic acids is 1. The molecule has 1 N–H and O–H groups in total. The van der Waals surface area contributed by atoms with E-state index in [0.717, 1.165) is 0 Å². The summed E-state index contributed by atoms with van der Waals surface area (Å²) in [4.78, 5) is 9.90. The average Bonchev–Trinajstić information content (AvgIpc) is 1.63. The van der Waals surface area contributed by atoms with E-state index in [1.54, 1.807) is 0 Å². The molecule has 0 aromatic carbocycles. The fraction of sp³-hybridized carbons (Fsp3) is 0.250. The topological polar surface area (TPSA) is 71.4 Å². The molecule has 0 unspecified atom stereocenters. The fourth-order valence-corrected chi connectivity index (χ4v) is 0.640. The van der Waals surface area contributed by atoms with Gasteiger partial charge in [-0.1, -0.05) is 0 Å². The minimum atomic E-state index is -2.72. The number of aliphatic carboxylic acids is 1. The third kappa shape index (κ3) is 6.91. The van der Waals surface area contributed by atoms with Crippen molar-refractivity contribution in [3.63, 3.8) is 0 Å². The summed E-state index contributed by atoms with van der Waals surface area (Å²) in [5.41, 5.74) is -0.175. The third-order valence-electron chi connectivity index (χ3n) is 0.636. The van der Waals surface area contributed by atoms with Crippen LogP contribution < -0.4 is 0 Å². The van der Waals surface area contributed by atoms with Crippen LogP contribution in [0, 0.1) is 0 Å². The van der Waals surface area contributed by atoms with Crippen molar-refractivity contribution in [2.75, 3.05) is 0 Å². The van der Waals surface area contributed by atoms with Gasteiger partial charge in [0.1, 0.15) is 0 Å². The van der Waals surface area contributed by atoms with E-state index in [1.165, 1.54) is 6.92 Å². The Morgan fingerprint density at radius 3 is 2.00 bits per heavy atom. The van der Waals surface area contributed by atoms with Crippen LogP contribution in [0.2, 0.25) is 0 Å². The molecule has 10 heavy (non-hydrogen) atoms. The Kier molecular flexibility index (Phi) is 8.71. The van der Waals surface area contributed by atoms with Gasteiger partial charge >= 0.3 is 57.4 Å². The van der Waals surface area contributed by atoms with Crippen molar-refractivity contribution in [2.45, 2.75) is 6.92 Å². The molecule has 0 aromatic heterocycles. The molecule has 0 saturated heterocycles. The van der Waals surface area contributed by atoms with Crippen molar-refractivity contribution in [3.8, 4) is 0 Å². The summed E-state index contributed by atoms with van der Waals surface area (Å²) < 4.78 is 19.6. The van der Waals surface area contributed by atoms with Crippen molar-refractivity contribution < 1.29 is 18.3 Å². The van der Waals surface area contributed by atoms with Gasteiger partial charge in [-0.25, -0.2) is 13.2 Å². The molecule has 0 aliphatic carbocycles. The zero-order chi connectivity index (χ0) is 7.44. The second-order valence-corrected chi connectivity index (χ2v) is 2.23. The third-order valence-corrected chi connectivity index (χ3v) is 1.23. The van der Waals surface area contributed by atoms with Crippen LogP contribution in [0.5, 0.6) is 0 Å². The molecule has 0 aliphatic heterocycles. The molecule has 0 amide bonds. The number of thiol groups is 1. The van der Waals surface area contributed by atoms with Crippen molar-refractivity contribution >= 4 is 68.1 Å². The Balaban J connectivity index is 0. The van der Waals surface area contributed by atoms with Crippen LogP contribution in [0.4, 0.5) is 0 Å². The van der Waals surface area contributed by atoms with Crippen LogP contribution in [0.25, 0.3) is 0 Å². The first-order chi connectivity index (χ1) is 4.04. The van der Waals surface area contributed by atoms with E-state index < -0.39 is 16.7 Å². The van der Waals surface area contributed by atoms with Crippen LogP contribution >= 0.6 is 0 Å². The molecular weight excluding hydrogens is 183 g/mol. The molecule has 0 bridgehead atoms. The maximum atomic E-state index is 9.90. The summed E-state index contributed by atoms with van der Waals surface area (Å²) in [5, 5.41) is 8.77. The second kappa shape index (κ2) is 6.50. The van der Waals surface area contributed by atoms with E-state index in [9.17, 15) is 13.2 Å². The van der Waals surface area contributed by atoms with E-state index in [1.807, 2.05) is 0 Å². The standard InChI is InChI=1S/C4H6O4S.K.H/c1-3(4(5)6)2-9(7)8;;/h2,9H,1H3,(H,5,6);;. The zero-order valence-electron chi connectivity index (χ0n) is 4.70. The first-order valence-electron chi connectivity index (χ1n) is 2.09. The Hall–Kier alpha value is 0.796. The van der Waals surface area contributed by atoms with Gasteiger partial charge in [0.2, 0.25) is 0 Å². The quantitative estimate of drug-likeness (QED) is 0.331. The maximum absolute atomic E-state index is 9.90. The monoisotopic (exact) mass is 190 g/mol. The van der Waals surface area contributed by atoms with Crippen LogP contribution in [0.3, 0.4) is 0 Å². The van der Waals surface area contributed by atoms with E-state index in [-0.39, 0.29) is 57.0 Å². The van der Waals surface area contributed by atoms with Gasteiger partial charge in [-0.05, 0) is 6.92 Å². The van der Waals surface area contributed by atoms with Gasteiger partial charge < -0.3 is 5.11 Å². The predicted octanol–water partition coefficient (Wildman–Crippen LogP) is -1.06. The fourth-order valence-electron chi connectivity index (χ4n) is 0.213. The summed E-state index contributed by atoms with van der Waals surface area (Å²) in [5.74, 6) is -1.21. The van der Waals surface area contributed by atoms with Gasteiger partial charge in [-0.3, -0.25) is 0 Å². The second-order valence-electron chi connectivity index (χ2n) is 1.40. The number of rotatable bonds is 2. The van der Waals surface area contributed by atoms with E-state index >= 15 is 0 Å². The van der Waals surface area contributed by atoms with Gasteiger partial charge in [0.25, 0.3) is 0 Å². The molecule has 0 saturated carbocycles. The van der Waals surface area contributed by atoms with Crippen LogP contribution in [0.15, 0.2) is 11.0 Å². The molecule has 0 radical (unpaired) electrons. The molecule has 6 heteroatoms. The SMILES string of the molecule is CC(=C[SH](=O)=O)C(=O)O.[KH]. The number of hydrogen-bond acceptors (Lipinski definition) is 3. The summed E-state index contributed by atoms with van der Waals surface area (Å²) in [6.07, 6.45) is 0.